The van der Waals surface area contributed by atoms with Gasteiger partial charge in [-0.2, -0.15) is 12.6 Å². The molecule has 0 saturated carbocycles. The van der Waals surface area contributed by atoms with Crippen LogP contribution in [0, 0.1) is 11.8 Å². The second-order valence-electron chi connectivity index (χ2n) is 6.48. The lowest BCUT2D eigenvalue weighted by Gasteiger charge is -2.26. The maximum absolute atomic E-state index is 12.5. The molecule has 0 aromatic carbocycles. The average Bonchev–Trinajstić information content (AvgIpc) is 2.50. The van der Waals surface area contributed by atoms with Gasteiger partial charge in [0.05, 0.1) is 11.4 Å². The molecule has 0 aromatic rings. The molecule has 0 saturated heterocycles. The maximum atomic E-state index is 12.5. The Hall–Kier alpha value is -0.810. The lowest BCUT2D eigenvalue weighted by molar-refractivity contribution is -0.126. The van der Waals surface area contributed by atoms with E-state index >= 15 is 0 Å². The van der Waals surface area contributed by atoms with E-state index in [4.69, 9.17) is 5.73 Å². The van der Waals surface area contributed by atoms with Crippen molar-refractivity contribution in [1.29, 1.82) is 0 Å². The predicted molar refractivity (Wildman–Crippen MR) is 97.4 cm³/mol. The highest BCUT2D eigenvalue weighted by molar-refractivity contribution is 7.80. The molecule has 126 valence electrons. The zero-order chi connectivity index (χ0) is 16.5. The minimum absolute atomic E-state index is 0.00650. The Kier molecular flexibility index (Phi) is 8.79. The summed E-state index contributed by atoms with van der Waals surface area (Å²) in [6.07, 6.45) is 7.80. The fourth-order valence-corrected chi connectivity index (χ4v) is 3.10. The molecule has 0 aromatic heterocycles. The van der Waals surface area contributed by atoms with Crippen molar-refractivity contribution >= 4 is 25.3 Å². The quantitative estimate of drug-likeness (QED) is 0.264. The smallest absolute Gasteiger partial charge is 0.224 e. The van der Waals surface area contributed by atoms with Crippen molar-refractivity contribution in [3.05, 3.63) is 11.6 Å². The molecular weight excluding hydrogens is 294 g/mol. The minimum Gasteiger partial charge on any atom is -0.344 e. The zero-order valence-electron chi connectivity index (χ0n) is 13.9. The molecule has 4 nitrogen and oxygen atoms in total. The highest BCUT2D eigenvalue weighted by Gasteiger charge is 2.25. The van der Waals surface area contributed by atoms with Crippen LogP contribution in [0.4, 0.5) is 0 Å². The Bertz CT molecular complexity index is 395. The zero-order valence-corrected chi connectivity index (χ0v) is 14.8. The number of nitrogens with zero attached hydrogens (tertiary/aromatic N) is 1. The SMILES string of the molecule is C=NC1CC=C(CC(C(=O)NC(S)CCCN)C(C)C)CC1. The first-order valence-corrected chi connectivity index (χ1v) is 8.81. The molecule has 22 heavy (non-hydrogen) atoms. The number of hydrogen-bond donors (Lipinski definition) is 3. The van der Waals surface area contributed by atoms with Crippen molar-refractivity contribution in [2.45, 2.75) is 63.8 Å². The van der Waals surface area contributed by atoms with Gasteiger partial charge in [-0.05, 0) is 57.7 Å². The topological polar surface area (TPSA) is 67.5 Å². The van der Waals surface area contributed by atoms with Gasteiger partial charge >= 0.3 is 0 Å². The molecule has 1 amide bonds. The van der Waals surface area contributed by atoms with Gasteiger partial charge in [-0.15, -0.1) is 0 Å². The highest BCUT2D eigenvalue weighted by atomic mass is 32.1. The fraction of sp³-hybridized carbons (Fsp3) is 0.765. The van der Waals surface area contributed by atoms with Crippen LogP contribution < -0.4 is 11.1 Å². The molecule has 3 unspecified atom stereocenters. The van der Waals surface area contributed by atoms with Gasteiger partial charge in [-0.1, -0.05) is 25.5 Å². The van der Waals surface area contributed by atoms with Gasteiger partial charge in [0.15, 0.2) is 0 Å². The van der Waals surface area contributed by atoms with Crippen LogP contribution in [0.25, 0.3) is 0 Å². The molecule has 1 aliphatic rings. The van der Waals surface area contributed by atoms with E-state index in [1.807, 2.05) is 0 Å². The van der Waals surface area contributed by atoms with Crippen molar-refractivity contribution in [3.63, 3.8) is 0 Å². The average molecular weight is 326 g/mol. The molecule has 3 atom stereocenters. The van der Waals surface area contributed by atoms with Gasteiger partial charge < -0.3 is 11.1 Å². The maximum Gasteiger partial charge on any atom is 0.224 e. The van der Waals surface area contributed by atoms with E-state index in [0.29, 0.717) is 18.5 Å². The van der Waals surface area contributed by atoms with Crippen LogP contribution in [0.2, 0.25) is 0 Å². The van der Waals surface area contributed by atoms with Gasteiger partial charge in [-0.25, -0.2) is 0 Å². The number of amides is 1. The molecule has 3 N–H and O–H groups in total. The van der Waals surface area contributed by atoms with Gasteiger partial charge in [0, 0.05) is 5.92 Å². The van der Waals surface area contributed by atoms with Crippen LogP contribution in [0.5, 0.6) is 0 Å². The molecular formula is C17H31N3OS. The monoisotopic (exact) mass is 325 g/mol. The lowest BCUT2D eigenvalue weighted by Crippen LogP contribution is -2.38. The Labute approximate surface area is 140 Å². The number of nitrogens with two attached hydrogens (primary N) is 1. The Morgan fingerprint density at radius 2 is 2.32 bits per heavy atom. The molecule has 0 aliphatic heterocycles. The normalized spacial score (nSPS) is 21.1. The summed E-state index contributed by atoms with van der Waals surface area (Å²) in [6, 6.07) is 0.355. The van der Waals surface area contributed by atoms with Crippen LogP contribution in [0.15, 0.2) is 16.6 Å². The second kappa shape index (κ2) is 10.1. The number of thiol groups is 1. The number of carbonyl (C=O) groups is 1. The highest BCUT2D eigenvalue weighted by Crippen LogP contribution is 2.28. The summed E-state index contributed by atoms with van der Waals surface area (Å²) in [5, 5.41) is 2.91. The largest absolute Gasteiger partial charge is 0.344 e. The third-order valence-corrected chi connectivity index (χ3v) is 4.74. The first-order chi connectivity index (χ1) is 10.5. The Balaban J connectivity index is 2.56. The van der Waals surface area contributed by atoms with E-state index in [2.05, 4.69) is 49.6 Å². The summed E-state index contributed by atoms with van der Waals surface area (Å²) in [7, 11) is 0. The van der Waals surface area contributed by atoms with E-state index in [-0.39, 0.29) is 17.2 Å². The van der Waals surface area contributed by atoms with Gasteiger partial charge in [0.1, 0.15) is 0 Å². The molecule has 5 heteroatoms. The third-order valence-electron chi connectivity index (χ3n) is 4.35. The van der Waals surface area contributed by atoms with Crippen molar-refractivity contribution in [3.8, 4) is 0 Å². The van der Waals surface area contributed by atoms with Crippen LogP contribution in [-0.2, 0) is 4.79 Å². The molecule has 0 spiro atoms. The summed E-state index contributed by atoms with van der Waals surface area (Å²) < 4.78 is 0. The predicted octanol–water partition coefficient (Wildman–Crippen LogP) is 2.94. The number of nitrogens with one attached hydrogen (secondary N) is 1. The van der Waals surface area contributed by atoms with Crippen molar-refractivity contribution in [2.24, 2.45) is 22.6 Å². The summed E-state index contributed by atoms with van der Waals surface area (Å²) >= 11 is 4.44. The summed E-state index contributed by atoms with van der Waals surface area (Å²) in [5.74, 6) is 0.426. The standard InChI is InChI=1S/C17H31N3OS/c1-12(2)15(17(21)20-16(22)5-4-10-18)11-13-6-8-14(19-3)9-7-13/h6,12,14-16,22H,3-5,7-11,18H2,1-2H3,(H,20,21). The van der Waals surface area contributed by atoms with E-state index < -0.39 is 0 Å². The molecule has 1 aliphatic carbocycles. The number of allylic oxidation sites excluding steroid dienone is 1. The van der Waals surface area contributed by atoms with Crippen LogP contribution in [0.1, 0.15) is 52.4 Å². The third kappa shape index (κ3) is 6.53. The molecule has 0 heterocycles. The van der Waals surface area contributed by atoms with Crippen molar-refractivity contribution in [1.82, 2.24) is 5.32 Å². The van der Waals surface area contributed by atoms with Gasteiger partial charge in [0.25, 0.3) is 0 Å². The number of rotatable bonds is 9. The van der Waals surface area contributed by atoms with Crippen molar-refractivity contribution < 1.29 is 4.79 Å². The summed E-state index contributed by atoms with van der Waals surface area (Å²) in [4.78, 5) is 16.6. The molecule has 1 rings (SSSR count). The fourth-order valence-electron chi connectivity index (χ4n) is 2.79. The van der Waals surface area contributed by atoms with E-state index in [1.54, 1.807) is 0 Å². The van der Waals surface area contributed by atoms with E-state index in [9.17, 15) is 4.79 Å². The summed E-state index contributed by atoms with van der Waals surface area (Å²) in [5.41, 5.74) is 6.88. The lowest BCUT2D eigenvalue weighted by atomic mass is 9.84. The minimum atomic E-state index is -0.105. The van der Waals surface area contributed by atoms with Crippen molar-refractivity contribution in [2.75, 3.05) is 6.54 Å². The molecule has 0 bridgehead atoms. The first kappa shape index (κ1) is 19.2. The van der Waals surface area contributed by atoms with Crippen LogP contribution in [-0.4, -0.2) is 30.6 Å². The van der Waals surface area contributed by atoms with E-state index in [1.165, 1.54) is 5.57 Å². The molecule has 0 fully saturated rings. The number of aliphatic imine (C=N–C) groups is 1. The summed E-state index contributed by atoms with van der Waals surface area (Å²) in [6.45, 7) is 8.47. The Morgan fingerprint density at radius 1 is 1.59 bits per heavy atom. The van der Waals surface area contributed by atoms with Gasteiger partial charge in [0.2, 0.25) is 5.91 Å². The van der Waals surface area contributed by atoms with Crippen LogP contribution in [0.3, 0.4) is 0 Å². The molecule has 0 radical (unpaired) electrons. The first-order valence-electron chi connectivity index (χ1n) is 8.30. The second-order valence-corrected chi connectivity index (χ2v) is 7.11. The number of hydrogen-bond acceptors (Lipinski definition) is 4. The van der Waals surface area contributed by atoms with Gasteiger partial charge in [-0.3, -0.25) is 9.79 Å². The Morgan fingerprint density at radius 3 is 2.82 bits per heavy atom. The number of carbonyl (C=O) groups excluding carboxylic acids is 1. The van der Waals surface area contributed by atoms with E-state index in [0.717, 1.165) is 38.5 Å². The van der Waals surface area contributed by atoms with Crippen LogP contribution >= 0.6 is 12.6 Å².